The highest BCUT2D eigenvalue weighted by atomic mass is 32.2. The van der Waals surface area contributed by atoms with Crippen LogP contribution in [0.5, 0.6) is 0 Å². The molecule has 0 aliphatic carbocycles. The molecule has 0 aromatic heterocycles. The lowest BCUT2D eigenvalue weighted by atomic mass is 9.99. The molecule has 0 saturated carbocycles. The summed E-state index contributed by atoms with van der Waals surface area (Å²) in [5, 5.41) is 2.69. The Balaban J connectivity index is 2.13. The highest BCUT2D eigenvalue weighted by Gasteiger charge is 2.40. The van der Waals surface area contributed by atoms with E-state index in [0.29, 0.717) is 18.8 Å². The molecule has 0 bridgehead atoms. The Bertz CT molecular complexity index is 630. The maximum absolute atomic E-state index is 13.9. The monoisotopic (exact) mass is 342 g/mol. The summed E-state index contributed by atoms with van der Waals surface area (Å²) in [4.78, 5) is 14.2. The summed E-state index contributed by atoms with van der Waals surface area (Å²) in [6.45, 7) is 8.61. The van der Waals surface area contributed by atoms with Crippen molar-refractivity contribution in [1.82, 2.24) is 4.90 Å². The quantitative estimate of drug-likeness (QED) is 0.899. The van der Waals surface area contributed by atoms with E-state index in [-0.39, 0.29) is 10.9 Å². The Labute approximate surface area is 138 Å². The van der Waals surface area contributed by atoms with E-state index in [1.807, 2.05) is 27.7 Å². The van der Waals surface area contributed by atoms with E-state index in [0.717, 1.165) is 0 Å². The van der Waals surface area contributed by atoms with E-state index < -0.39 is 27.8 Å². The van der Waals surface area contributed by atoms with Crippen LogP contribution in [-0.2, 0) is 15.5 Å². The first kappa shape index (κ1) is 17.9. The number of ether oxygens (including phenoxy) is 1. The van der Waals surface area contributed by atoms with Crippen molar-refractivity contribution in [3.8, 4) is 0 Å². The molecule has 7 heteroatoms. The first-order valence-electron chi connectivity index (χ1n) is 7.38. The minimum Gasteiger partial charge on any atom is -0.366 e. The summed E-state index contributed by atoms with van der Waals surface area (Å²) in [7, 11) is -1.40. The smallest absolute Gasteiger partial charge is 0.322 e. The fourth-order valence-corrected chi connectivity index (χ4v) is 3.54. The number of rotatable bonds is 2. The van der Waals surface area contributed by atoms with Crippen LogP contribution in [0.1, 0.15) is 27.7 Å². The molecule has 2 amide bonds. The van der Waals surface area contributed by atoms with Crippen molar-refractivity contribution in [3.05, 3.63) is 24.0 Å². The van der Waals surface area contributed by atoms with Gasteiger partial charge in [-0.2, -0.15) is 0 Å². The van der Waals surface area contributed by atoms with Gasteiger partial charge in [-0.05, 0) is 45.9 Å². The van der Waals surface area contributed by atoms with Gasteiger partial charge in [0.25, 0.3) is 0 Å². The molecule has 1 N–H and O–H groups in total. The van der Waals surface area contributed by atoms with Gasteiger partial charge in [0, 0.05) is 11.9 Å². The van der Waals surface area contributed by atoms with Gasteiger partial charge in [0.05, 0.1) is 40.0 Å². The molecule has 5 nitrogen and oxygen atoms in total. The number of anilines is 1. The first-order valence-corrected chi connectivity index (χ1v) is 8.94. The van der Waals surface area contributed by atoms with Gasteiger partial charge in [0.2, 0.25) is 0 Å². The molecule has 128 valence electrons. The molecule has 0 unspecified atom stereocenters. The first-order chi connectivity index (χ1) is 10.5. The molecule has 0 radical (unpaired) electrons. The SMILES string of the molecule is C[S@](=O)c1ccc(NC(=O)N2CC(C)(C)OC(C)(C)C2)cc1F. The third-order valence-corrected chi connectivity index (χ3v) is 4.43. The summed E-state index contributed by atoms with van der Waals surface area (Å²) in [6, 6.07) is 3.85. The molecule has 1 fully saturated rings. The van der Waals surface area contributed by atoms with E-state index in [1.165, 1.54) is 18.4 Å². The third-order valence-electron chi connectivity index (χ3n) is 3.48. The van der Waals surface area contributed by atoms with Gasteiger partial charge in [0.15, 0.2) is 0 Å². The van der Waals surface area contributed by atoms with Gasteiger partial charge in [-0.3, -0.25) is 4.21 Å². The van der Waals surface area contributed by atoms with Gasteiger partial charge in [0.1, 0.15) is 5.82 Å². The van der Waals surface area contributed by atoms with E-state index in [2.05, 4.69) is 5.32 Å². The van der Waals surface area contributed by atoms with Crippen LogP contribution in [-0.4, -0.2) is 45.7 Å². The van der Waals surface area contributed by atoms with Gasteiger partial charge in [-0.25, -0.2) is 9.18 Å². The summed E-state index contributed by atoms with van der Waals surface area (Å²) >= 11 is 0. The molecule has 1 atom stereocenters. The Morgan fingerprint density at radius 3 is 2.30 bits per heavy atom. The van der Waals surface area contributed by atoms with Crippen LogP contribution in [0.3, 0.4) is 0 Å². The standard InChI is InChI=1S/C16H23FN2O3S/c1-15(2)9-19(10-16(3,4)22-15)14(20)18-11-6-7-13(23(5)21)12(17)8-11/h6-8H,9-10H2,1-5H3,(H,18,20)/t23-/m0/s1. The fourth-order valence-electron chi connectivity index (χ4n) is 2.95. The number of carbonyl (C=O) groups is 1. The van der Waals surface area contributed by atoms with E-state index in [4.69, 9.17) is 4.74 Å². The fraction of sp³-hybridized carbons (Fsp3) is 0.562. The Morgan fingerprint density at radius 2 is 1.83 bits per heavy atom. The van der Waals surface area contributed by atoms with Crippen LogP contribution in [0.2, 0.25) is 0 Å². The Morgan fingerprint density at radius 1 is 1.26 bits per heavy atom. The predicted molar refractivity (Wildman–Crippen MR) is 88.6 cm³/mol. The van der Waals surface area contributed by atoms with Crippen LogP contribution in [0, 0.1) is 5.82 Å². The molecule has 1 aliphatic rings. The largest absolute Gasteiger partial charge is 0.366 e. The summed E-state index contributed by atoms with van der Waals surface area (Å²) in [5.41, 5.74) is -0.565. The lowest BCUT2D eigenvalue weighted by Crippen LogP contribution is -2.59. The number of nitrogens with one attached hydrogen (secondary N) is 1. The van der Waals surface area contributed by atoms with Crippen LogP contribution in [0.15, 0.2) is 23.1 Å². The number of benzene rings is 1. The average molecular weight is 342 g/mol. The van der Waals surface area contributed by atoms with Crippen molar-refractivity contribution in [2.75, 3.05) is 24.7 Å². The molecule has 1 heterocycles. The number of hydrogen-bond donors (Lipinski definition) is 1. The highest BCUT2D eigenvalue weighted by molar-refractivity contribution is 7.84. The molecule has 1 aliphatic heterocycles. The van der Waals surface area contributed by atoms with Crippen LogP contribution < -0.4 is 5.32 Å². The molecular weight excluding hydrogens is 319 g/mol. The number of hydrogen-bond acceptors (Lipinski definition) is 3. The molecule has 1 saturated heterocycles. The summed E-state index contributed by atoms with van der Waals surface area (Å²) in [6.07, 6.45) is 1.41. The van der Waals surface area contributed by atoms with Crippen molar-refractivity contribution < 1.29 is 18.1 Å². The number of carbonyl (C=O) groups excluding carboxylic acids is 1. The second-order valence-corrected chi connectivity index (χ2v) is 8.36. The molecule has 1 aromatic carbocycles. The number of nitrogens with zero attached hydrogens (tertiary/aromatic N) is 1. The van der Waals surface area contributed by atoms with Crippen molar-refractivity contribution in [2.45, 2.75) is 43.8 Å². The van der Waals surface area contributed by atoms with Crippen molar-refractivity contribution in [2.24, 2.45) is 0 Å². The topological polar surface area (TPSA) is 58.6 Å². The number of halogens is 1. The minimum absolute atomic E-state index is 0.122. The van der Waals surface area contributed by atoms with Gasteiger partial charge in [-0.1, -0.05) is 0 Å². The van der Waals surface area contributed by atoms with Crippen molar-refractivity contribution in [1.29, 1.82) is 0 Å². The number of urea groups is 1. The average Bonchev–Trinajstić information content (AvgIpc) is 2.34. The Hall–Kier alpha value is -1.47. The van der Waals surface area contributed by atoms with Crippen LogP contribution >= 0.6 is 0 Å². The van der Waals surface area contributed by atoms with Crippen LogP contribution in [0.25, 0.3) is 0 Å². The van der Waals surface area contributed by atoms with E-state index >= 15 is 0 Å². The maximum Gasteiger partial charge on any atom is 0.322 e. The lowest BCUT2D eigenvalue weighted by molar-refractivity contribution is -0.169. The second-order valence-electron chi connectivity index (χ2n) is 7.01. The van der Waals surface area contributed by atoms with E-state index in [9.17, 15) is 13.4 Å². The highest BCUT2D eigenvalue weighted by Crippen LogP contribution is 2.28. The van der Waals surface area contributed by atoms with Crippen LogP contribution in [0.4, 0.5) is 14.9 Å². The summed E-state index contributed by atoms with van der Waals surface area (Å²) < 4.78 is 31.2. The molecule has 23 heavy (non-hydrogen) atoms. The van der Waals surface area contributed by atoms with Crippen molar-refractivity contribution >= 4 is 22.5 Å². The minimum atomic E-state index is -1.40. The van der Waals surface area contributed by atoms with E-state index in [1.54, 1.807) is 11.0 Å². The maximum atomic E-state index is 13.9. The van der Waals surface area contributed by atoms with Gasteiger partial charge < -0.3 is 15.0 Å². The van der Waals surface area contributed by atoms with Gasteiger partial charge in [-0.15, -0.1) is 0 Å². The summed E-state index contributed by atoms with van der Waals surface area (Å²) in [5.74, 6) is -0.591. The number of amides is 2. The second kappa shape index (κ2) is 6.20. The van der Waals surface area contributed by atoms with Crippen molar-refractivity contribution in [3.63, 3.8) is 0 Å². The molecule has 2 rings (SSSR count). The Kier molecular flexibility index (Phi) is 4.82. The lowest BCUT2D eigenvalue weighted by Gasteiger charge is -2.46. The van der Waals surface area contributed by atoms with Gasteiger partial charge >= 0.3 is 6.03 Å². The number of morpholine rings is 1. The predicted octanol–water partition coefficient (Wildman–Crippen LogP) is 2.98. The molecular formula is C16H23FN2O3S. The molecule has 0 spiro atoms. The zero-order chi connectivity index (χ0) is 17.4. The molecule has 1 aromatic rings. The normalized spacial score (nSPS) is 20.9. The zero-order valence-electron chi connectivity index (χ0n) is 14.1. The zero-order valence-corrected chi connectivity index (χ0v) is 14.9. The third kappa shape index (κ3) is 4.51.